The van der Waals surface area contributed by atoms with Crippen LogP contribution in [0.3, 0.4) is 0 Å². The summed E-state index contributed by atoms with van der Waals surface area (Å²) in [7, 11) is 3.90. The fraction of sp³-hybridized carbons (Fsp3) is 0.235. The molecule has 3 rings (SSSR count). The standard InChI is InChI=1S/C17H19ClN4/c1-22(2)17-8-15(18)13(11-21-17)10-19-9-12-4-3-5-16-14(12)6-7-20-16/h3-8,11,19-20H,9-10H2,1-2H3. The molecule has 5 heteroatoms. The number of halogens is 1. The maximum Gasteiger partial charge on any atom is 0.129 e. The Labute approximate surface area is 135 Å². The maximum absolute atomic E-state index is 6.32. The second kappa shape index (κ2) is 6.38. The van der Waals surface area contributed by atoms with Crippen LogP contribution in [0.2, 0.25) is 5.02 Å². The molecule has 114 valence electrons. The van der Waals surface area contributed by atoms with Gasteiger partial charge in [-0.1, -0.05) is 23.7 Å². The second-order valence-corrected chi connectivity index (χ2v) is 5.90. The van der Waals surface area contributed by atoms with E-state index in [9.17, 15) is 0 Å². The van der Waals surface area contributed by atoms with Gasteiger partial charge in [-0.3, -0.25) is 0 Å². The average molecular weight is 315 g/mol. The molecule has 2 heterocycles. The molecule has 0 saturated heterocycles. The summed E-state index contributed by atoms with van der Waals surface area (Å²) in [6, 6.07) is 10.3. The number of nitrogens with one attached hydrogen (secondary N) is 2. The Balaban J connectivity index is 1.67. The van der Waals surface area contributed by atoms with Crippen LogP contribution in [0.1, 0.15) is 11.1 Å². The number of hydrogen-bond acceptors (Lipinski definition) is 3. The lowest BCUT2D eigenvalue weighted by Crippen LogP contribution is -2.15. The lowest BCUT2D eigenvalue weighted by molar-refractivity contribution is 0.694. The van der Waals surface area contributed by atoms with Crippen molar-refractivity contribution in [3.63, 3.8) is 0 Å². The van der Waals surface area contributed by atoms with E-state index in [1.54, 1.807) is 0 Å². The van der Waals surface area contributed by atoms with Gasteiger partial charge in [0.1, 0.15) is 5.82 Å². The summed E-state index contributed by atoms with van der Waals surface area (Å²) in [5, 5.41) is 5.43. The first-order valence-electron chi connectivity index (χ1n) is 7.22. The molecular formula is C17H19ClN4. The molecule has 1 aromatic carbocycles. The highest BCUT2D eigenvalue weighted by atomic mass is 35.5. The normalized spacial score (nSPS) is 11.0. The van der Waals surface area contributed by atoms with E-state index >= 15 is 0 Å². The number of aromatic amines is 1. The Bertz CT molecular complexity index is 779. The molecule has 4 nitrogen and oxygen atoms in total. The van der Waals surface area contributed by atoms with Crippen LogP contribution in [0.15, 0.2) is 42.7 Å². The summed E-state index contributed by atoms with van der Waals surface area (Å²) < 4.78 is 0. The van der Waals surface area contributed by atoms with Crippen molar-refractivity contribution < 1.29 is 0 Å². The highest BCUT2D eigenvalue weighted by Gasteiger charge is 2.06. The third kappa shape index (κ3) is 3.08. The van der Waals surface area contributed by atoms with Crippen LogP contribution in [0.25, 0.3) is 10.9 Å². The van der Waals surface area contributed by atoms with E-state index in [2.05, 4.69) is 39.6 Å². The molecular weight excluding hydrogens is 296 g/mol. The van der Waals surface area contributed by atoms with Gasteiger partial charge in [-0.2, -0.15) is 0 Å². The smallest absolute Gasteiger partial charge is 0.129 e. The number of pyridine rings is 1. The quantitative estimate of drug-likeness (QED) is 0.756. The van der Waals surface area contributed by atoms with E-state index in [1.165, 1.54) is 10.9 Å². The van der Waals surface area contributed by atoms with E-state index in [-0.39, 0.29) is 0 Å². The Morgan fingerprint density at radius 3 is 2.77 bits per heavy atom. The van der Waals surface area contributed by atoms with Gasteiger partial charge in [0.05, 0.1) is 5.02 Å². The van der Waals surface area contributed by atoms with Gasteiger partial charge in [0.25, 0.3) is 0 Å². The van der Waals surface area contributed by atoms with E-state index in [0.29, 0.717) is 6.54 Å². The number of rotatable bonds is 5. The summed E-state index contributed by atoms with van der Waals surface area (Å²) in [4.78, 5) is 9.57. The fourth-order valence-corrected chi connectivity index (χ4v) is 2.67. The summed E-state index contributed by atoms with van der Waals surface area (Å²) >= 11 is 6.32. The zero-order valence-corrected chi connectivity index (χ0v) is 13.5. The third-order valence-corrected chi connectivity index (χ3v) is 4.04. The molecule has 0 fully saturated rings. The van der Waals surface area contributed by atoms with Crippen molar-refractivity contribution in [3.8, 4) is 0 Å². The first-order chi connectivity index (χ1) is 10.6. The molecule has 0 saturated carbocycles. The van der Waals surface area contributed by atoms with Crippen molar-refractivity contribution in [2.45, 2.75) is 13.1 Å². The van der Waals surface area contributed by atoms with Crippen molar-refractivity contribution >= 4 is 28.3 Å². The lowest BCUT2D eigenvalue weighted by atomic mass is 10.1. The molecule has 0 amide bonds. The van der Waals surface area contributed by atoms with Gasteiger partial charge in [-0.05, 0) is 23.8 Å². The molecule has 0 aliphatic carbocycles. The summed E-state index contributed by atoms with van der Waals surface area (Å²) in [6.45, 7) is 1.49. The monoisotopic (exact) mass is 314 g/mol. The predicted octanol–water partition coefficient (Wildman–Crippen LogP) is 3.57. The third-order valence-electron chi connectivity index (χ3n) is 3.69. The molecule has 3 aromatic rings. The minimum absolute atomic E-state index is 0.695. The topological polar surface area (TPSA) is 44.0 Å². The Kier molecular flexibility index (Phi) is 4.32. The Morgan fingerprint density at radius 1 is 1.18 bits per heavy atom. The van der Waals surface area contributed by atoms with Gasteiger partial charge >= 0.3 is 0 Å². The first kappa shape index (κ1) is 14.9. The molecule has 0 aliphatic rings. The van der Waals surface area contributed by atoms with Crippen LogP contribution in [-0.2, 0) is 13.1 Å². The fourth-order valence-electron chi connectivity index (χ4n) is 2.46. The molecule has 0 unspecified atom stereocenters. The van der Waals surface area contributed by atoms with Crippen molar-refractivity contribution in [2.75, 3.05) is 19.0 Å². The van der Waals surface area contributed by atoms with Gasteiger partial charge < -0.3 is 15.2 Å². The minimum atomic E-state index is 0.695. The lowest BCUT2D eigenvalue weighted by Gasteiger charge is -2.13. The molecule has 0 bridgehead atoms. The van der Waals surface area contributed by atoms with Gasteiger partial charge in [0, 0.05) is 56.0 Å². The summed E-state index contributed by atoms with van der Waals surface area (Å²) in [5.74, 6) is 0.867. The van der Waals surface area contributed by atoms with E-state index in [4.69, 9.17) is 11.6 Å². The van der Waals surface area contributed by atoms with Gasteiger partial charge in [-0.25, -0.2) is 4.98 Å². The van der Waals surface area contributed by atoms with Gasteiger partial charge in [0.15, 0.2) is 0 Å². The molecule has 2 N–H and O–H groups in total. The van der Waals surface area contributed by atoms with Crippen molar-refractivity contribution in [1.82, 2.24) is 15.3 Å². The molecule has 0 spiro atoms. The zero-order valence-electron chi connectivity index (χ0n) is 12.7. The van der Waals surface area contributed by atoms with Crippen LogP contribution in [-0.4, -0.2) is 24.1 Å². The van der Waals surface area contributed by atoms with Crippen LogP contribution >= 0.6 is 11.6 Å². The highest BCUT2D eigenvalue weighted by molar-refractivity contribution is 6.31. The number of hydrogen-bond donors (Lipinski definition) is 2. The van der Waals surface area contributed by atoms with E-state index < -0.39 is 0 Å². The number of anilines is 1. The second-order valence-electron chi connectivity index (χ2n) is 5.49. The molecule has 0 radical (unpaired) electrons. The van der Waals surface area contributed by atoms with Crippen molar-refractivity contribution in [1.29, 1.82) is 0 Å². The van der Waals surface area contributed by atoms with Crippen LogP contribution in [0, 0.1) is 0 Å². The number of aromatic nitrogens is 2. The predicted molar refractivity (Wildman–Crippen MR) is 92.4 cm³/mol. The molecule has 2 aromatic heterocycles. The number of benzene rings is 1. The van der Waals surface area contributed by atoms with E-state index in [0.717, 1.165) is 28.5 Å². The van der Waals surface area contributed by atoms with Crippen LogP contribution in [0.4, 0.5) is 5.82 Å². The Morgan fingerprint density at radius 2 is 2.00 bits per heavy atom. The van der Waals surface area contributed by atoms with Crippen molar-refractivity contribution in [2.24, 2.45) is 0 Å². The SMILES string of the molecule is CN(C)c1cc(Cl)c(CNCc2cccc3[nH]ccc23)cn1. The number of H-pyrrole nitrogens is 1. The first-order valence-corrected chi connectivity index (χ1v) is 7.60. The van der Waals surface area contributed by atoms with E-state index in [1.807, 2.05) is 37.5 Å². The summed E-state index contributed by atoms with van der Waals surface area (Å²) in [5.41, 5.74) is 3.44. The minimum Gasteiger partial charge on any atom is -0.363 e. The van der Waals surface area contributed by atoms with Gasteiger partial charge in [-0.15, -0.1) is 0 Å². The van der Waals surface area contributed by atoms with Crippen LogP contribution < -0.4 is 10.2 Å². The zero-order chi connectivity index (χ0) is 15.5. The molecule has 0 aliphatic heterocycles. The summed E-state index contributed by atoms with van der Waals surface area (Å²) in [6.07, 6.45) is 3.80. The molecule has 22 heavy (non-hydrogen) atoms. The highest BCUT2D eigenvalue weighted by Crippen LogP contribution is 2.21. The van der Waals surface area contributed by atoms with Crippen molar-refractivity contribution in [3.05, 3.63) is 58.9 Å². The van der Waals surface area contributed by atoms with Gasteiger partial charge in [0.2, 0.25) is 0 Å². The molecule has 0 atom stereocenters. The largest absolute Gasteiger partial charge is 0.363 e. The maximum atomic E-state index is 6.32. The number of fused-ring (bicyclic) bond motifs is 1. The van der Waals surface area contributed by atoms with Crippen LogP contribution in [0.5, 0.6) is 0 Å². The number of nitrogens with zero attached hydrogens (tertiary/aromatic N) is 2. The Hall–Kier alpha value is -2.04. The average Bonchev–Trinajstić information content (AvgIpc) is 2.98.